The van der Waals surface area contributed by atoms with Crippen LogP contribution in [-0.2, 0) is 19.4 Å². The highest BCUT2D eigenvalue weighted by atomic mass is 32.2. The number of sulfone groups is 1. The second-order valence-corrected chi connectivity index (χ2v) is 8.40. The minimum Gasteiger partial charge on any atom is -0.506 e. The summed E-state index contributed by atoms with van der Waals surface area (Å²) in [5, 5.41) is 13.7. The number of aliphatic imine (C=N–C) groups is 1. The summed E-state index contributed by atoms with van der Waals surface area (Å²) in [5.41, 5.74) is 0.382. The third-order valence-electron chi connectivity index (χ3n) is 4.62. The van der Waals surface area contributed by atoms with Crippen LogP contribution in [-0.4, -0.2) is 42.8 Å². The smallest absolute Gasteiger partial charge is 0.262 e. The summed E-state index contributed by atoms with van der Waals surface area (Å²) >= 11 is 0. The van der Waals surface area contributed by atoms with Crippen LogP contribution in [0, 0.1) is 11.8 Å². The normalized spacial score (nSPS) is 29.9. The molecule has 2 atom stereocenters. The maximum Gasteiger partial charge on any atom is 0.262 e. The van der Waals surface area contributed by atoms with Gasteiger partial charge in [0.15, 0.2) is 9.84 Å². The molecule has 0 aromatic rings. The monoisotopic (exact) mass is 352 g/mol. The SMILES string of the molecule is O=C1N=C(C2CCCCC2)C(O)=CC1C(=O)N[C@@H]1C=CS(=O)(=O)C1. The van der Waals surface area contributed by atoms with E-state index in [0.717, 1.165) is 37.5 Å². The van der Waals surface area contributed by atoms with E-state index in [1.54, 1.807) is 0 Å². The first-order chi connectivity index (χ1) is 11.4. The van der Waals surface area contributed by atoms with E-state index in [2.05, 4.69) is 10.3 Å². The zero-order valence-electron chi connectivity index (χ0n) is 13.1. The molecule has 0 spiro atoms. The standard InChI is InChI=1S/C16H20N2O5S/c19-13-8-12(15(20)17-11-6-7-24(22,23)9-11)16(21)18-14(13)10-4-2-1-3-5-10/h6-8,10-12,19H,1-5,9H2,(H,17,20)/t11-,12?/m1/s1. The predicted octanol–water partition coefficient (Wildman–Crippen LogP) is 1.03. The van der Waals surface area contributed by atoms with Crippen LogP contribution in [0.3, 0.4) is 0 Å². The fourth-order valence-corrected chi connectivity index (χ4v) is 4.60. The zero-order valence-corrected chi connectivity index (χ0v) is 14.0. The number of aliphatic hydroxyl groups excluding tert-OH is 1. The summed E-state index contributed by atoms with van der Waals surface area (Å²) in [4.78, 5) is 28.4. The zero-order chi connectivity index (χ0) is 17.3. The fraction of sp³-hybridized carbons (Fsp3) is 0.562. The van der Waals surface area contributed by atoms with E-state index in [4.69, 9.17) is 0 Å². The topological polar surface area (TPSA) is 113 Å². The van der Waals surface area contributed by atoms with Gasteiger partial charge in [0.1, 0.15) is 11.7 Å². The first kappa shape index (κ1) is 16.9. The number of amides is 2. The number of nitrogens with zero attached hydrogens (tertiary/aromatic N) is 1. The van der Waals surface area contributed by atoms with Crippen molar-refractivity contribution < 1.29 is 23.1 Å². The van der Waals surface area contributed by atoms with E-state index in [0.29, 0.717) is 5.71 Å². The van der Waals surface area contributed by atoms with Crippen molar-refractivity contribution in [1.29, 1.82) is 0 Å². The Hall–Kier alpha value is -1.96. The van der Waals surface area contributed by atoms with Crippen molar-refractivity contribution in [2.75, 3.05) is 5.75 Å². The molecule has 8 heteroatoms. The van der Waals surface area contributed by atoms with Crippen LogP contribution in [0.25, 0.3) is 0 Å². The van der Waals surface area contributed by atoms with Gasteiger partial charge in [0, 0.05) is 11.3 Å². The molecule has 2 aliphatic heterocycles. The van der Waals surface area contributed by atoms with Crippen molar-refractivity contribution in [3.8, 4) is 0 Å². The Balaban J connectivity index is 1.68. The molecule has 0 aromatic carbocycles. The molecule has 24 heavy (non-hydrogen) atoms. The Morgan fingerprint density at radius 2 is 1.96 bits per heavy atom. The minimum atomic E-state index is -3.29. The summed E-state index contributed by atoms with van der Waals surface area (Å²) in [6, 6.07) is -0.658. The summed E-state index contributed by atoms with van der Waals surface area (Å²) < 4.78 is 22.7. The Kier molecular flexibility index (Phi) is 4.58. The molecule has 2 amide bonds. The maximum absolute atomic E-state index is 12.2. The Morgan fingerprint density at radius 3 is 2.58 bits per heavy atom. The molecule has 1 fully saturated rings. The van der Waals surface area contributed by atoms with Crippen molar-refractivity contribution >= 4 is 27.4 Å². The Morgan fingerprint density at radius 1 is 1.25 bits per heavy atom. The van der Waals surface area contributed by atoms with E-state index in [1.807, 2.05) is 0 Å². The molecule has 0 saturated heterocycles. The van der Waals surface area contributed by atoms with Crippen molar-refractivity contribution in [1.82, 2.24) is 5.32 Å². The number of nitrogens with one attached hydrogen (secondary N) is 1. The average Bonchev–Trinajstić information content (AvgIpc) is 2.88. The summed E-state index contributed by atoms with van der Waals surface area (Å²) in [6.45, 7) is 0. The second kappa shape index (κ2) is 6.51. The summed E-state index contributed by atoms with van der Waals surface area (Å²) in [7, 11) is -3.29. The van der Waals surface area contributed by atoms with Crippen molar-refractivity contribution in [3.63, 3.8) is 0 Å². The maximum atomic E-state index is 12.2. The molecule has 0 radical (unpaired) electrons. The summed E-state index contributed by atoms with van der Waals surface area (Å²) in [5.74, 6) is -2.75. The highest BCUT2D eigenvalue weighted by molar-refractivity contribution is 7.94. The molecule has 2 N–H and O–H groups in total. The first-order valence-corrected chi connectivity index (χ1v) is 9.82. The molecule has 1 aliphatic carbocycles. The van der Waals surface area contributed by atoms with Crippen LogP contribution in [0.1, 0.15) is 32.1 Å². The van der Waals surface area contributed by atoms with Crippen LogP contribution in [0.15, 0.2) is 28.3 Å². The van der Waals surface area contributed by atoms with Crippen LogP contribution >= 0.6 is 0 Å². The Bertz CT molecular complexity index is 744. The van der Waals surface area contributed by atoms with Crippen molar-refractivity contribution in [2.45, 2.75) is 38.1 Å². The summed E-state index contributed by atoms with van der Waals surface area (Å²) in [6.07, 6.45) is 7.58. The van der Waals surface area contributed by atoms with Gasteiger partial charge in [0.25, 0.3) is 5.91 Å². The lowest BCUT2D eigenvalue weighted by Gasteiger charge is -2.25. The number of rotatable bonds is 3. The molecule has 7 nitrogen and oxygen atoms in total. The van der Waals surface area contributed by atoms with Gasteiger partial charge in [-0.05, 0) is 25.0 Å². The van der Waals surface area contributed by atoms with Gasteiger partial charge in [-0.3, -0.25) is 9.59 Å². The predicted molar refractivity (Wildman–Crippen MR) is 88.1 cm³/mol. The lowest BCUT2D eigenvalue weighted by Crippen LogP contribution is -2.42. The van der Waals surface area contributed by atoms with Gasteiger partial charge in [0.05, 0.1) is 17.5 Å². The van der Waals surface area contributed by atoms with E-state index >= 15 is 0 Å². The van der Waals surface area contributed by atoms with Gasteiger partial charge in [0.2, 0.25) is 5.91 Å². The van der Waals surface area contributed by atoms with E-state index < -0.39 is 33.6 Å². The van der Waals surface area contributed by atoms with Crippen LogP contribution < -0.4 is 5.32 Å². The second-order valence-electron chi connectivity index (χ2n) is 6.47. The number of allylic oxidation sites excluding steroid dienone is 1. The highest BCUT2D eigenvalue weighted by Crippen LogP contribution is 2.29. The fourth-order valence-electron chi connectivity index (χ4n) is 3.36. The van der Waals surface area contributed by atoms with Gasteiger partial charge in [-0.25, -0.2) is 13.4 Å². The van der Waals surface area contributed by atoms with E-state index in [1.165, 1.54) is 12.2 Å². The van der Waals surface area contributed by atoms with Gasteiger partial charge >= 0.3 is 0 Å². The number of hydrogen-bond acceptors (Lipinski definition) is 5. The van der Waals surface area contributed by atoms with E-state index in [9.17, 15) is 23.1 Å². The Labute approximate surface area is 140 Å². The lowest BCUT2D eigenvalue weighted by atomic mass is 9.83. The first-order valence-electron chi connectivity index (χ1n) is 8.10. The number of carbonyl (C=O) groups excluding carboxylic acids is 2. The van der Waals surface area contributed by atoms with Crippen LogP contribution in [0.5, 0.6) is 0 Å². The average molecular weight is 352 g/mol. The van der Waals surface area contributed by atoms with Gasteiger partial charge in [-0.15, -0.1) is 0 Å². The molecular weight excluding hydrogens is 332 g/mol. The number of aliphatic hydroxyl groups is 1. The molecule has 130 valence electrons. The van der Waals surface area contributed by atoms with Gasteiger partial charge < -0.3 is 10.4 Å². The number of dihydropyridines is 1. The third-order valence-corrected chi connectivity index (χ3v) is 6.01. The number of carbonyl (C=O) groups is 2. The van der Waals surface area contributed by atoms with Crippen LogP contribution in [0.4, 0.5) is 0 Å². The molecule has 0 bridgehead atoms. The van der Waals surface area contributed by atoms with Gasteiger partial charge in [-0.1, -0.05) is 19.3 Å². The van der Waals surface area contributed by atoms with Crippen molar-refractivity contribution in [3.05, 3.63) is 23.3 Å². The molecule has 1 unspecified atom stereocenters. The van der Waals surface area contributed by atoms with Gasteiger partial charge in [-0.2, -0.15) is 0 Å². The highest BCUT2D eigenvalue weighted by Gasteiger charge is 2.35. The molecule has 1 saturated carbocycles. The molecular formula is C16H20N2O5S. The molecule has 3 rings (SSSR count). The number of hydrogen-bond donors (Lipinski definition) is 2. The molecule has 2 heterocycles. The third kappa shape index (κ3) is 3.58. The minimum absolute atomic E-state index is 0.0610. The lowest BCUT2D eigenvalue weighted by molar-refractivity contribution is -0.131. The van der Waals surface area contributed by atoms with Crippen molar-refractivity contribution in [2.24, 2.45) is 16.8 Å². The molecule has 0 aromatic heterocycles. The van der Waals surface area contributed by atoms with Crippen LogP contribution in [0.2, 0.25) is 0 Å². The molecule has 3 aliphatic rings. The largest absolute Gasteiger partial charge is 0.506 e. The van der Waals surface area contributed by atoms with E-state index in [-0.39, 0.29) is 17.4 Å². The quantitative estimate of drug-likeness (QED) is 0.737.